The standard InChI is InChI=1S/C11H12F5NOS/c1-6(5-8-4-3-7(2)19-8)17-9(18)10(12,13)11(14,15)16/h3-4,6H,5H2,1-2H3,(H,17,18). The number of nitrogens with one attached hydrogen (secondary N) is 1. The van der Waals surface area contributed by atoms with Crippen LogP contribution in [0.25, 0.3) is 0 Å². The molecule has 1 N–H and O–H groups in total. The summed E-state index contributed by atoms with van der Waals surface area (Å²) in [5.74, 6) is -7.69. The quantitative estimate of drug-likeness (QED) is 0.849. The van der Waals surface area contributed by atoms with E-state index >= 15 is 0 Å². The summed E-state index contributed by atoms with van der Waals surface area (Å²) in [4.78, 5) is 12.7. The second-order valence-corrected chi connectivity index (χ2v) is 5.54. The van der Waals surface area contributed by atoms with Gasteiger partial charge in [0.2, 0.25) is 0 Å². The molecule has 1 aromatic heterocycles. The number of hydrogen-bond donors (Lipinski definition) is 1. The number of carbonyl (C=O) groups excluding carboxylic acids is 1. The first kappa shape index (κ1) is 15.9. The Labute approximate surface area is 110 Å². The molecule has 0 aliphatic carbocycles. The van der Waals surface area contributed by atoms with E-state index in [0.29, 0.717) is 0 Å². The molecule has 19 heavy (non-hydrogen) atoms. The normalized spacial score (nSPS) is 14.3. The molecule has 8 heteroatoms. The highest BCUT2D eigenvalue weighted by atomic mass is 32.1. The van der Waals surface area contributed by atoms with Crippen molar-refractivity contribution in [3.8, 4) is 0 Å². The maximum Gasteiger partial charge on any atom is 0.463 e. The highest BCUT2D eigenvalue weighted by Gasteiger charge is 2.63. The van der Waals surface area contributed by atoms with Crippen LogP contribution in [0, 0.1) is 6.92 Å². The Morgan fingerprint density at radius 1 is 1.32 bits per heavy atom. The molecule has 1 rings (SSSR count). The lowest BCUT2D eigenvalue weighted by Crippen LogP contribution is -2.52. The Bertz CT molecular complexity index is 454. The van der Waals surface area contributed by atoms with E-state index in [0.717, 1.165) is 9.75 Å². The zero-order chi connectivity index (χ0) is 14.8. The van der Waals surface area contributed by atoms with E-state index in [-0.39, 0.29) is 6.42 Å². The summed E-state index contributed by atoms with van der Waals surface area (Å²) < 4.78 is 61.3. The highest BCUT2D eigenvalue weighted by Crippen LogP contribution is 2.35. The van der Waals surface area contributed by atoms with Crippen molar-refractivity contribution in [2.24, 2.45) is 0 Å². The first-order valence-electron chi connectivity index (χ1n) is 5.35. The summed E-state index contributed by atoms with van der Waals surface area (Å²) in [5.41, 5.74) is 0. The van der Waals surface area contributed by atoms with E-state index < -0.39 is 24.0 Å². The van der Waals surface area contributed by atoms with Crippen LogP contribution in [-0.4, -0.2) is 24.0 Å². The van der Waals surface area contributed by atoms with Crippen molar-refractivity contribution >= 4 is 17.2 Å². The fraction of sp³-hybridized carbons (Fsp3) is 0.545. The molecule has 1 amide bonds. The Morgan fingerprint density at radius 2 is 1.89 bits per heavy atom. The predicted molar refractivity (Wildman–Crippen MR) is 61.4 cm³/mol. The predicted octanol–water partition coefficient (Wildman–Crippen LogP) is 3.30. The number of aryl methyl sites for hydroxylation is 1. The minimum Gasteiger partial charge on any atom is -0.348 e. The van der Waals surface area contributed by atoms with E-state index in [4.69, 9.17) is 0 Å². The van der Waals surface area contributed by atoms with Gasteiger partial charge in [-0.15, -0.1) is 11.3 Å². The highest BCUT2D eigenvalue weighted by molar-refractivity contribution is 7.11. The van der Waals surface area contributed by atoms with Gasteiger partial charge in [-0.05, 0) is 26.0 Å². The van der Waals surface area contributed by atoms with Gasteiger partial charge in [-0.2, -0.15) is 22.0 Å². The Kier molecular flexibility index (Phi) is 4.54. The lowest BCUT2D eigenvalue weighted by molar-refractivity contribution is -0.270. The van der Waals surface area contributed by atoms with E-state index in [2.05, 4.69) is 0 Å². The fourth-order valence-corrected chi connectivity index (χ4v) is 2.41. The maximum atomic E-state index is 12.7. The summed E-state index contributed by atoms with van der Waals surface area (Å²) in [5, 5.41) is 1.68. The average molecular weight is 301 g/mol. The maximum absolute atomic E-state index is 12.7. The van der Waals surface area contributed by atoms with Gasteiger partial charge < -0.3 is 5.32 Å². The van der Waals surface area contributed by atoms with Crippen LogP contribution in [0.1, 0.15) is 16.7 Å². The van der Waals surface area contributed by atoms with E-state index in [1.165, 1.54) is 18.3 Å². The number of carbonyl (C=O) groups is 1. The topological polar surface area (TPSA) is 29.1 Å². The van der Waals surface area contributed by atoms with Crippen molar-refractivity contribution in [1.82, 2.24) is 5.32 Å². The number of amides is 1. The van der Waals surface area contributed by atoms with Gasteiger partial charge in [-0.1, -0.05) is 0 Å². The van der Waals surface area contributed by atoms with Crippen LogP contribution in [0.5, 0.6) is 0 Å². The van der Waals surface area contributed by atoms with Crippen molar-refractivity contribution in [2.45, 2.75) is 38.4 Å². The zero-order valence-electron chi connectivity index (χ0n) is 10.1. The summed E-state index contributed by atoms with van der Waals surface area (Å²) >= 11 is 1.40. The lowest BCUT2D eigenvalue weighted by atomic mass is 10.2. The lowest BCUT2D eigenvalue weighted by Gasteiger charge is -2.21. The van der Waals surface area contributed by atoms with E-state index in [9.17, 15) is 26.7 Å². The van der Waals surface area contributed by atoms with Gasteiger partial charge in [0.25, 0.3) is 0 Å². The Morgan fingerprint density at radius 3 is 2.32 bits per heavy atom. The minimum absolute atomic E-state index is 0.207. The summed E-state index contributed by atoms with van der Waals surface area (Å²) in [7, 11) is 0. The summed E-state index contributed by atoms with van der Waals surface area (Å²) in [6, 6.07) is 2.74. The number of rotatable bonds is 4. The van der Waals surface area contributed by atoms with Gasteiger partial charge in [0.05, 0.1) is 0 Å². The molecule has 1 heterocycles. The van der Waals surface area contributed by atoms with Gasteiger partial charge >= 0.3 is 18.0 Å². The SMILES string of the molecule is Cc1ccc(CC(C)NC(=O)C(F)(F)C(F)(F)F)s1. The third kappa shape index (κ3) is 3.89. The summed E-state index contributed by atoms with van der Waals surface area (Å²) in [6.07, 6.45) is -5.67. The van der Waals surface area contributed by atoms with Crippen LogP contribution < -0.4 is 5.32 Å². The molecule has 0 aromatic carbocycles. The molecule has 0 aliphatic heterocycles. The molecule has 1 atom stereocenters. The molecule has 1 aromatic rings. The first-order valence-corrected chi connectivity index (χ1v) is 6.16. The molecule has 0 spiro atoms. The molecule has 1 unspecified atom stereocenters. The molecule has 0 bridgehead atoms. The smallest absolute Gasteiger partial charge is 0.348 e. The van der Waals surface area contributed by atoms with Crippen LogP contribution in [0.2, 0.25) is 0 Å². The second-order valence-electron chi connectivity index (χ2n) is 4.16. The van der Waals surface area contributed by atoms with Crippen molar-refractivity contribution < 1.29 is 26.7 Å². The fourth-order valence-electron chi connectivity index (χ4n) is 1.39. The zero-order valence-corrected chi connectivity index (χ0v) is 11.0. The molecule has 0 radical (unpaired) electrons. The van der Waals surface area contributed by atoms with Gasteiger partial charge in [0.15, 0.2) is 0 Å². The van der Waals surface area contributed by atoms with Crippen LogP contribution in [0.4, 0.5) is 22.0 Å². The second kappa shape index (κ2) is 5.44. The average Bonchev–Trinajstić information content (AvgIpc) is 2.61. The van der Waals surface area contributed by atoms with Gasteiger partial charge in [-0.25, -0.2) is 0 Å². The molecule has 0 saturated heterocycles. The van der Waals surface area contributed by atoms with Crippen LogP contribution >= 0.6 is 11.3 Å². The minimum atomic E-state index is -5.88. The Balaban J connectivity index is 2.62. The molecule has 0 fully saturated rings. The number of thiophene rings is 1. The van der Waals surface area contributed by atoms with Crippen molar-refractivity contribution in [3.63, 3.8) is 0 Å². The molecule has 0 saturated carbocycles. The molecule has 108 valence electrons. The largest absolute Gasteiger partial charge is 0.463 e. The van der Waals surface area contributed by atoms with Crippen molar-refractivity contribution in [2.75, 3.05) is 0 Å². The van der Waals surface area contributed by atoms with E-state index in [1.54, 1.807) is 17.4 Å². The molecule has 0 aliphatic rings. The van der Waals surface area contributed by atoms with Crippen LogP contribution in [0.15, 0.2) is 12.1 Å². The van der Waals surface area contributed by atoms with Gasteiger partial charge in [0.1, 0.15) is 0 Å². The van der Waals surface area contributed by atoms with Crippen LogP contribution in [-0.2, 0) is 11.2 Å². The van der Waals surface area contributed by atoms with Gasteiger partial charge in [-0.3, -0.25) is 4.79 Å². The number of hydrogen-bond acceptors (Lipinski definition) is 2. The molecule has 2 nitrogen and oxygen atoms in total. The van der Waals surface area contributed by atoms with Gasteiger partial charge in [0, 0.05) is 22.2 Å². The monoisotopic (exact) mass is 301 g/mol. The number of halogens is 5. The van der Waals surface area contributed by atoms with E-state index in [1.807, 2.05) is 6.92 Å². The third-order valence-corrected chi connectivity index (χ3v) is 3.35. The summed E-state index contributed by atoms with van der Waals surface area (Å²) in [6.45, 7) is 3.22. The molecular formula is C11H12F5NOS. The van der Waals surface area contributed by atoms with Crippen LogP contribution in [0.3, 0.4) is 0 Å². The third-order valence-electron chi connectivity index (χ3n) is 2.32. The Hall–Kier alpha value is -1.18. The first-order chi connectivity index (χ1) is 8.54. The van der Waals surface area contributed by atoms with Crippen molar-refractivity contribution in [3.05, 3.63) is 21.9 Å². The molecular weight excluding hydrogens is 289 g/mol. The van der Waals surface area contributed by atoms with Crippen molar-refractivity contribution in [1.29, 1.82) is 0 Å². The number of alkyl halides is 5.